The van der Waals surface area contributed by atoms with Crippen molar-refractivity contribution in [1.29, 1.82) is 0 Å². The number of ether oxygens (including phenoxy) is 2. The van der Waals surface area contributed by atoms with Gasteiger partial charge in [-0.3, -0.25) is 0 Å². The largest absolute Gasteiger partial charge is 0.453 e. The summed E-state index contributed by atoms with van der Waals surface area (Å²) in [7, 11) is 0. The summed E-state index contributed by atoms with van der Waals surface area (Å²) >= 11 is 0. The van der Waals surface area contributed by atoms with Crippen LogP contribution in [0.1, 0.15) is 16.7 Å². The Morgan fingerprint density at radius 2 is 0.977 bits per heavy atom. The van der Waals surface area contributed by atoms with Crippen LogP contribution in [0, 0.1) is 0 Å². The summed E-state index contributed by atoms with van der Waals surface area (Å²) < 4.78 is 135. The number of rotatable bonds is 4. The molecule has 0 unspecified atom stereocenters. The Kier molecular flexibility index (Phi) is 6.86. The summed E-state index contributed by atoms with van der Waals surface area (Å²) in [5.41, 5.74) is -2.97. The average molecular weight is 616 g/mol. The zero-order valence-corrected chi connectivity index (χ0v) is 22.0. The lowest BCUT2D eigenvalue weighted by molar-refractivity contribution is -0.138. The molecule has 0 N–H and O–H groups in total. The Bertz CT molecular complexity index is 2040. The van der Waals surface area contributed by atoms with E-state index in [9.17, 15) is 39.5 Å². The first-order chi connectivity index (χ1) is 20.7. The Labute approximate surface area is 242 Å². The maximum atomic E-state index is 14.3. The highest BCUT2D eigenvalue weighted by atomic mass is 19.4. The van der Waals surface area contributed by atoms with E-state index in [0.717, 1.165) is 30.3 Å². The topological polar surface area (TPSA) is 18.5 Å². The minimum atomic E-state index is -4.86. The van der Waals surface area contributed by atoms with Crippen molar-refractivity contribution in [2.75, 3.05) is 0 Å². The van der Waals surface area contributed by atoms with Crippen LogP contribution in [0.4, 0.5) is 39.5 Å². The van der Waals surface area contributed by atoms with E-state index in [2.05, 4.69) is 0 Å². The molecule has 44 heavy (non-hydrogen) atoms. The van der Waals surface area contributed by atoms with Crippen LogP contribution in [-0.4, -0.2) is 0 Å². The maximum absolute atomic E-state index is 14.3. The lowest BCUT2D eigenvalue weighted by Crippen LogP contribution is -2.07. The van der Waals surface area contributed by atoms with Gasteiger partial charge in [0.1, 0.15) is 11.5 Å². The number of benzene rings is 6. The van der Waals surface area contributed by atoms with Gasteiger partial charge in [-0.2, -0.15) is 39.5 Å². The third-order valence-corrected chi connectivity index (χ3v) is 7.04. The first-order valence-corrected chi connectivity index (χ1v) is 12.9. The van der Waals surface area contributed by atoms with E-state index in [1.54, 1.807) is 0 Å². The standard InChI is InChI=1S/C33H17F9O2/c34-31(35,36)21-13-14-23-20(16-21)6-3-8-26(23)43-28-15-11-19-5-1-7-25(33(40,41)42)29(19)30(28)44-27-9-2-4-18-10-12-22(17-24(18)27)32(37,38)39/h1-17H. The molecule has 0 spiro atoms. The molecule has 224 valence electrons. The summed E-state index contributed by atoms with van der Waals surface area (Å²) in [5.74, 6) is -0.840. The summed E-state index contributed by atoms with van der Waals surface area (Å²) in [6, 6.07) is 20.6. The molecule has 0 saturated heterocycles. The fraction of sp³-hybridized carbons (Fsp3) is 0.0909. The Morgan fingerprint density at radius 3 is 1.66 bits per heavy atom. The third-order valence-electron chi connectivity index (χ3n) is 7.04. The van der Waals surface area contributed by atoms with Gasteiger partial charge in [-0.25, -0.2) is 0 Å². The van der Waals surface area contributed by atoms with Crippen molar-refractivity contribution in [2.45, 2.75) is 18.5 Å². The van der Waals surface area contributed by atoms with E-state index in [0.29, 0.717) is 5.39 Å². The second-order valence-electron chi connectivity index (χ2n) is 9.88. The molecule has 11 heteroatoms. The molecule has 6 aromatic rings. The number of halogens is 9. The van der Waals surface area contributed by atoms with Crippen molar-refractivity contribution in [1.82, 2.24) is 0 Å². The van der Waals surface area contributed by atoms with Crippen molar-refractivity contribution in [3.63, 3.8) is 0 Å². The number of hydrogen-bond acceptors (Lipinski definition) is 2. The molecule has 6 aromatic carbocycles. The van der Waals surface area contributed by atoms with Gasteiger partial charge < -0.3 is 9.47 Å². The Morgan fingerprint density at radius 1 is 0.409 bits per heavy atom. The van der Waals surface area contributed by atoms with Crippen LogP contribution in [0.2, 0.25) is 0 Å². The fourth-order valence-corrected chi connectivity index (χ4v) is 5.00. The summed E-state index contributed by atoms with van der Waals surface area (Å²) in [4.78, 5) is 0. The zero-order chi connectivity index (χ0) is 31.4. The van der Waals surface area contributed by atoms with Gasteiger partial charge in [0.25, 0.3) is 0 Å². The molecule has 6 rings (SSSR count). The van der Waals surface area contributed by atoms with Crippen LogP contribution in [0.15, 0.2) is 103 Å². The molecule has 0 fully saturated rings. The molecule has 0 aliphatic rings. The fourth-order valence-electron chi connectivity index (χ4n) is 5.00. The quantitative estimate of drug-likeness (QED) is 0.184. The Hall–Kier alpha value is -4.93. The van der Waals surface area contributed by atoms with Crippen LogP contribution >= 0.6 is 0 Å². The molecule has 0 amide bonds. The molecule has 0 aliphatic heterocycles. The highest BCUT2D eigenvalue weighted by Gasteiger charge is 2.35. The second-order valence-corrected chi connectivity index (χ2v) is 9.88. The summed E-state index contributed by atoms with van der Waals surface area (Å²) in [6.45, 7) is 0. The van der Waals surface area contributed by atoms with E-state index in [4.69, 9.17) is 9.47 Å². The number of fused-ring (bicyclic) bond motifs is 3. The van der Waals surface area contributed by atoms with Gasteiger partial charge in [0, 0.05) is 16.2 Å². The van der Waals surface area contributed by atoms with E-state index in [1.165, 1.54) is 72.8 Å². The van der Waals surface area contributed by atoms with Crippen molar-refractivity contribution in [2.24, 2.45) is 0 Å². The van der Waals surface area contributed by atoms with E-state index in [-0.39, 0.29) is 38.8 Å². The minimum absolute atomic E-state index is 0.0143. The van der Waals surface area contributed by atoms with Crippen LogP contribution in [0.5, 0.6) is 23.0 Å². The molecule has 2 nitrogen and oxygen atoms in total. The molecule has 0 atom stereocenters. The number of alkyl halides is 9. The van der Waals surface area contributed by atoms with Gasteiger partial charge in [-0.15, -0.1) is 0 Å². The van der Waals surface area contributed by atoms with Gasteiger partial charge in [-0.05, 0) is 64.7 Å². The molecule has 0 saturated carbocycles. The maximum Gasteiger partial charge on any atom is 0.417 e. The number of hydrogen-bond donors (Lipinski definition) is 0. The SMILES string of the molecule is FC(F)(F)c1ccc2c(Oc3ccc4cccc(C(F)(F)F)c4c3Oc3cccc4ccc(C(F)(F)F)cc34)cccc2c1. The van der Waals surface area contributed by atoms with Gasteiger partial charge >= 0.3 is 18.5 Å². The lowest BCUT2D eigenvalue weighted by atomic mass is 10.0. The Balaban J connectivity index is 1.57. The molecular formula is C33H17F9O2. The molecule has 0 radical (unpaired) electrons. The minimum Gasteiger partial charge on any atom is -0.453 e. The van der Waals surface area contributed by atoms with Gasteiger partial charge in [0.05, 0.1) is 16.7 Å². The van der Waals surface area contributed by atoms with Crippen molar-refractivity contribution in [3.8, 4) is 23.0 Å². The van der Waals surface area contributed by atoms with Crippen LogP contribution < -0.4 is 9.47 Å². The van der Waals surface area contributed by atoms with Crippen molar-refractivity contribution in [3.05, 3.63) is 120 Å². The van der Waals surface area contributed by atoms with Crippen molar-refractivity contribution >= 4 is 32.3 Å². The van der Waals surface area contributed by atoms with Crippen LogP contribution in [-0.2, 0) is 18.5 Å². The van der Waals surface area contributed by atoms with Gasteiger partial charge in [-0.1, -0.05) is 54.6 Å². The predicted molar refractivity (Wildman–Crippen MR) is 147 cm³/mol. The molecule has 0 aromatic heterocycles. The van der Waals surface area contributed by atoms with Crippen LogP contribution in [0.3, 0.4) is 0 Å². The lowest BCUT2D eigenvalue weighted by Gasteiger charge is -2.20. The smallest absolute Gasteiger partial charge is 0.417 e. The summed E-state index contributed by atoms with van der Waals surface area (Å²) in [6.07, 6.45) is -14.2. The van der Waals surface area contributed by atoms with E-state index < -0.39 is 46.4 Å². The molecule has 0 heterocycles. The zero-order valence-electron chi connectivity index (χ0n) is 22.0. The molecule has 0 aliphatic carbocycles. The summed E-state index contributed by atoms with van der Waals surface area (Å²) in [5, 5.41) is 0.400. The second kappa shape index (κ2) is 10.4. The predicted octanol–water partition coefficient (Wildman–Crippen LogP) is 11.8. The highest BCUT2D eigenvalue weighted by Crippen LogP contribution is 2.48. The third kappa shape index (κ3) is 5.45. The highest BCUT2D eigenvalue weighted by molar-refractivity contribution is 5.96. The molecular weight excluding hydrogens is 599 g/mol. The first kappa shape index (κ1) is 29.2. The van der Waals surface area contributed by atoms with Crippen molar-refractivity contribution < 1.29 is 49.0 Å². The van der Waals surface area contributed by atoms with E-state index >= 15 is 0 Å². The first-order valence-electron chi connectivity index (χ1n) is 12.9. The normalized spacial score (nSPS) is 12.7. The van der Waals surface area contributed by atoms with Gasteiger partial charge in [0.15, 0.2) is 11.5 Å². The van der Waals surface area contributed by atoms with Crippen LogP contribution in [0.25, 0.3) is 32.3 Å². The monoisotopic (exact) mass is 616 g/mol. The average Bonchev–Trinajstić information content (AvgIpc) is 2.96. The van der Waals surface area contributed by atoms with E-state index in [1.807, 2.05) is 0 Å². The van der Waals surface area contributed by atoms with Gasteiger partial charge in [0.2, 0.25) is 0 Å². The molecule has 0 bridgehead atoms.